The fourth-order valence-electron chi connectivity index (χ4n) is 2.35. The zero-order valence-corrected chi connectivity index (χ0v) is 10.8. The predicted molar refractivity (Wildman–Crippen MR) is 69.9 cm³/mol. The van der Waals surface area contributed by atoms with E-state index in [1.807, 2.05) is 6.07 Å². The zero-order chi connectivity index (χ0) is 12.7. The zero-order valence-electron chi connectivity index (χ0n) is 10.8. The molecule has 2 aromatic rings. The summed E-state index contributed by atoms with van der Waals surface area (Å²) < 4.78 is 15.4. The van der Waals surface area contributed by atoms with Crippen LogP contribution in [0, 0.1) is 5.82 Å². The lowest BCUT2D eigenvalue weighted by Gasteiger charge is -2.13. The minimum atomic E-state index is -0.224. The Hall–Kier alpha value is -1.42. The number of hydrogen-bond donors (Lipinski definition) is 1. The van der Waals surface area contributed by atoms with Crippen LogP contribution in [-0.4, -0.2) is 15.6 Å². The van der Waals surface area contributed by atoms with Gasteiger partial charge in [-0.05, 0) is 38.8 Å². The van der Waals surface area contributed by atoms with Gasteiger partial charge < -0.3 is 9.88 Å². The molecule has 0 aliphatic heterocycles. The van der Waals surface area contributed by atoms with Crippen molar-refractivity contribution in [3.8, 4) is 0 Å². The first-order valence-corrected chi connectivity index (χ1v) is 6.55. The molecule has 18 heavy (non-hydrogen) atoms. The summed E-state index contributed by atoms with van der Waals surface area (Å²) in [5.41, 5.74) is 1.76. The van der Waals surface area contributed by atoms with E-state index in [1.54, 1.807) is 0 Å². The second-order valence-electron chi connectivity index (χ2n) is 5.28. The van der Waals surface area contributed by atoms with Crippen molar-refractivity contribution in [1.82, 2.24) is 14.9 Å². The van der Waals surface area contributed by atoms with Crippen molar-refractivity contribution in [3.05, 3.63) is 29.8 Å². The Morgan fingerprint density at radius 3 is 2.89 bits per heavy atom. The first-order valence-electron chi connectivity index (χ1n) is 6.55. The van der Waals surface area contributed by atoms with Gasteiger partial charge in [-0.2, -0.15) is 0 Å². The number of rotatable bonds is 4. The van der Waals surface area contributed by atoms with Crippen LogP contribution in [0.3, 0.4) is 0 Å². The van der Waals surface area contributed by atoms with E-state index < -0.39 is 0 Å². The predicted octanol–water partition coefficient (Wildman–Crippen LogP) is 3.01. The van der Waals surface area contributed by atoms with Gasteiger partial charge in [-0.3, -0.25) is 0 Å². The van der Waals surface area contributed by atoms with Crippen molar-refractivity contribution in [3.63, 3.8) is 0 Å². The summed E-state index contributed by atoms with van der Waals surface area (Å²) in [4.78, 5) is 4.55. The van der Waals surface area contributed by atoms with Crippen LogP contribution in [0.4, 0.5) is 4.39 Å². The molecule has 0 radical (unpaired) electrons. The average molecular weight is 247 g/mol. The highest BCUT2D eigenvalue weighted by molar-refractivity contribution is 5.76. The Balaban J connectivity index is 2.01. The van der Waals surface area contributed by atoms with Crippen molar-refractivity contribution in [1.29, 1.82) is 0 Å². The molecule has 0 saturated heterocycles. The van der Waals surface area contributed by atoms with Gasteiger partial charge in [0.2, 0.25) is 0 Å². The Morgan fingerprint density at radius 1 is 1.44 bits per heavy atom. The van der Waals surface area contributed by atoms with Gasteiger partial charge in [0, 0.05) is 18.2 Å². The van der Waals surface area contributed by atoms with Crippen molar-refractivity contribution < 1.29 is 4.39 Å². The molecule has 0 unspecified atom stereocenters. The van der Waals surface area contributed by atoms with Crippen LogP contribution < -0.4 is 5.32 Å². The molecule has 4 heteroatoms. The van der Waals surface area contributed by atoms with Gasteiger partial charge in [0.25, 0.3) is 0 Å². The average Bonchev–Trinajstić information content (AvgIpc) is 3.06. The molecule has 0 bridgehead atoms. The van der Waals surface area contributed by atoms with E-state index in [-0.39, 0.29) is 5.82 Å². The third kappa shape index (κ3) is 2.12. The maximum absolute atomic E-state index is 13.2. The summed E-state index contributed by atoms with van der Waals surface area (Å²) in [5, 5.41) is 3.47. The van der Waals surface area contributed by atoms with Crippen LogP contribution in [-0.2, 0) is 6.54 Å². The molecule has 1 aliphatic carbocycles. The van der Waals surface area contributed by atoms with Crippen molar-refractivity contribution in [2.24, 2.45) is 0 Å². The number of aromatic nitrogens is 2. The minimum Gasteiger partial charge on any atom is -0.324 e. The Labute approximate surface area is 106 Å². The normalized spacial score (nSPS) is 15.8. The van der Waals surface area contributed by atoms with E-state index in [2.05, 4.69) is 28.7 Å². The van der Waals surface area contributed by atoms with E-state index in [1.165, 1.54) is 25.0 Å². The van der Waals surface area contributed by atoms with E-state index in [0.717, 1.165) is 23.4 Å². The molecule has 0 atom stereocenters. The van der Waals surface area contributed by atoms with Crippen LogP contribution >= 0.6 is 0 Å². The van der Waals surface area contributed by atoms with Gasteiger partial charge in [0.1, 0.15) is 11.6 Å². The van der Waals surface area contributed by atoms with E-state index in [0.29, 0.717) is 12.1 Å². The van der Waals surface area contributed by atoms with Gasteiger partial charge in [0.15, 0.2) is 0 Å². The van der Waals surface area contributed by atoms with Crippen molar-refractivity contribution >= 4 is 11.0 Å². The molecule has 1 heterocycles. The molecule has 1 saturated carbocycles. The van der Waals surface area contributed by atoms with Crippen LogP contribution in [0.25, 0.3) is 11.0 Å². The quantitative estimate of drug-likeness (QED) is 0.900. The van der Waals surface area contributed by atoms with Crippen LogP contribution in [0.5, 0.6) is 0 Å². The summed E-state index contributed by atoms with van der Waals surface area (Å²) in [6.07, 6.45) is 2.52. The summed E-state index contributed by atoms with van der Waals surface area (Å²) in [7, 11) is 0. The Bertz CT molecular complexity index is 570. The Kier molecular flexibility index (Phi) is 2.82. The molecular weight excluding hydrogens is 229 g/mol. The highest BCUT2D eigenvalue weighted by atomic mass is 19.1. The smallest absolute Gasteiger partial charge is 0.125 e. The topological polar surface area (TPSA) is 29.9 Å². The van der Waals surface area contributed by atoms with E-state index in [4.69, 9.17) is 0 Å². The lowest BCUT2D eigenvalue weighted by Crippen LogP contribution is -2.19. The first-order chi connectivity index (χ1) is 8.65. The van der Waals surface area contributed by atoms with Gasteiger partial charge in [-0.15, -0.1) is 0 Å². The van der Waals surface area contributed by atoms with Gasteiger partial charge in [-0.25, -0.2) is 9.37 Å². The molecule has 1 fully saturated rings. The monoisotopic (exact) mass is 247 g/mol. The number of nitrogens with zero attached hydrogens (tertiary/aromatic N) is 2. The fourth-order valence-corrected chi connectivity index (χ4v) is 2.35. The van der Waals surface area contributed by atoms with Crippen LogP contribution in [0.1, 0.15) is 38.6 Å². The number of nitrogens with one attached hydrogen (secondary N) is 1. The minimum absolute atomic E-state index is 0.224. The summed E-state index contributed by atoms with van der Waals surface area (Å²) >= 11 is 0. The lowest BCUT2D eigenvalue weighted by molar-refractivity contribution is 0.553. The molecule has 1 aromatic heterocycles. The molecule has 1 aromatic carbocycles. The summed E-state index contributed by atoms with van der Waals surface area (Å²) in [5.74, 6) is 0.773. The number of imidazole rings is 1. The molecule has 0 amide bonds. The van der Waals surface area contributed by atoms with Crippen molar-refractivity contribution in [2.45, 2.75) is 45.3 Å². The highest BCUT2D eigenvalue weighted by Crippen LogP contribution is 2.23. The van der Waals surface area contributed by atoms with Gasteiger partial charge >= 0.3 is 0 Å². The Morgan fingerprint density at radius 2 is 2.22 bits per heavy atom. The lowest BCUT2D eigenvalue weighted by atomic mass is 10.3. The number of fused-ring (bicyclic) bond motifs is 1. The van der Waals surface area contributed by atoms with Gasteiger partial charge in [0.05, 0.1) is 17.6 Å². The summed E-state index contributed by atoms with van der Waals surface area (Å²) in [6, 6.07) is 5.81. The molecule has 3 nitrogen and oxygen atoms in total. The second-order valence-corrected chi connectivity index (χ2v) is 5.28. The molecule has 96 valence electrons. The summed E-state index contributed by atoms with van der Waals surface area (Å²) in [6.45, 7) is 5.02. The van der Waals surface area contributed by atoms with Crippen LogP contribution in [0.2, 0.25) is 0 Å². The maximum atomic E-state index is 13.2. The van der Waals surface area contributed by atoms with E-state index in [9.17, 15) is 4.39 Å². The van der Waals surface area contributed by atoms with Gasteiger partial charge in [-0.1, -0.05) is 0 Å². The third-order valence-corrected chi connectivity index (χ3v) is 3.37. The SMILES string of the molecule is CC(C)n1c(CNC2CC2)nc2cc(F)ccc21. The molecule has 3 rings (SSSR count). The second kappa shape index (κ2) is 4.35. The number of benzene rings is 1. The maximum Gasteiger partial charge on any atom is 0.125 e. The highest BCUT2D eigenvalue weighted by Gasteiger charge is 2.22. The van der Waals surface area contributed by atoms with Crippen molar-refractivity contribution in [2.75, 3.05) is 0 Å². The molecule has 0 spiro atoms. The molecular formula is C14H18FN3. The standard InChI is InChI=1S/C14H18FN3/c1-9(2)18-13-6-3-10(15)7-12(13)17-14(18)8-16-11-4-5-11/h3,6-7,9,11,16H,4-5,8H2,1-2H3. The van der Waals surface area contributed by atoms with Crippen LogP contribution in [0.15, 0.2) is 18.2 Å². The van der Waals surface area contributed by atoms with E-state index >= 15 is 0 Å². The number of halogens is 1. The first kappa shape index (κ1) is 11.7. The third-order valence-electron chi connectivity index (χ3n) is 3.37. The fraction of sp³-hybridized carbons (Fsp3) is 0.500. The largest absolute Gasteiger partial charge is 0.324 e. The molecule has 1 N–H and O–H groups in total. The molecule has 1 aliphatic rings. The number of hydrogen-bond acceptors (Lipinski definition) is 2.